The Hall–Kier alpha value is -3.26. The number of amides is 1. The first-order valence-corrected chi connectivity index (χ1v) is 10.7. The number of carbonyl (C=O) groups is 2. The van der Waals surface area contributed by atoms with Crippen LogP contribution in [0, 0.1) is 6.92 Å². The van der Waals surface area contributed by atoms with Crippen molar-refractivity contribution in [1.82, 2.24) is 19.6 Å². The molecule has 2 aromatic heterocycles. The number of ketones is 1. The van der Waals surface area contributed by atoms with E-state index in [9.17, 15) is 9.59 Å². The molecule has 2 heterocycles. The molecule has 0 fully saturated rings. The van der Waals surface area contributed by atoms with Crippen molar-refractivity contribution >= 4 is 45.7 Å². The monoisotopic (exact) mass is 419 g/mol. The van der Waals surface area contributed by atoms with Crippen molar-refractivity contribution in [2.75, 3.05) is 11.1 Å². The quantitative estimate of drug-likeness (QED) is 0.273. The number of para-hydroxylation sites is 1. The van der Waals surface area contributed by atoms with Crippen LogP contribution in [-0.4, -0.2) is 37.0 Å². The number of Topliss-reactive ketones (excluding diaryl/α,β-unsaturated/α-hetero) is 1. The number of aryl methyl sites for hydroxylation is 1. The van der Waals surface area contributed by atoms with E-state index in [1.807, 2.05) is 38.1 Å². The summed E-state index contributed by atoms with van der Waals surface area (Å²) in [5.74, 6) is 0.830. The minimum atomic E-state index is -0.0262. The normalized spacial score (nSPS) is 11.1. The Morgan fingerprint density at radius 3 is 2.60 bits per heavy atom. The average Bonchev–Trinajstić information content (AvgIpc) is 3.14. The molecule has 0 aliphatic carbocycles. The van der Waals surface area contributed by atoms with E-state index in [4.69, 9.17) is 0 Å². The Labute approximate surface area is 177 Å². The van der Waals surface area contributed by atoms with Crippen LogP contribution in [0.15, 0.2) is 53.7 Å². The second kappa shape index (κ2) is 8.62. The zero-order valence-corrected chi connectivity index (χ0v) is 17.6. The zero-order valence-electron chi connectivity index (χ0n) is 16.8. The minimum absolute atomic E-state index is 0.0219. The summed E-state index contributed by atoms with van der Waals surface area (Å²) in [6, 6.07) is 14.7. The van der Waals surface area contributed by atoms with Gasteiger partial charge in [0.2, 0.25) is 5.91 Å². The number of fused-ring (bicyclic) bond motifs is 3. The molecule has 0 unspecified atom stereocenters. The molecular formula is C22H21N5O2S. The highest BCUT2D eigenvalue weighted by Gasteiger charge is 2.14. The second-order valence-corrected chi connectivity index (χ2v) is 7.84. The van der Waals surface area contributed by atoms with Gasteiger partial charge in [0.1, 0.15) is 5.82 Å². The molecule has 2 aromatic carbocycles. The van der Waals surface area contributed by atoms with Crippen molar-refractivity contribution in [3.05, 3.63) is 59.9 Å². The van der Waals surface area contributed by atoms with Gasteiger partial charge in [-0.3, -0.25) is 9.59 Å². The first-order valence-electron chi connectivity index (χ1n) is 9.73. The van der Waals surface area contributed by atoms with Crippen molar-refractivity contribution in [2.45, 2.75) is 31.8 Å². The summed E-state index contributed by atoms with van der Waals surface area (Å²) in [4.78, 5) is 33.6. The standard InChI is InChI=1S/C22H21N5O2S/c1-3-6-20(29)24-16-11-9-15(10-12-16)19(28)13-30-22-25-18-8-5-4-7-17(18)21-23-14(2)26-27(21)22/h4-5,7-12H,3,6,13H2,1-2H3,(H,24,29). The number of benzene rings is 2. The highest BCUT2D eigenvalue weighted by atomic mass is 32.2. The molecule has 0 aliphatic heterocycles. The molecule has 8 heteroatoms. The maximum absolute atomic E-state index is 12.7. The van der Waals surface area contributed by atoms with Gasteiger partial charge in [-0.25, -0.2) is 9.97 Å². The number of anilines is 1. The number of hydrogen-bond donors (Lipinski definition) is 1. The van der Waals surface area contributed by atoms with E-state index in [0.29, 0.717) is 28.7 Å². The molecular weight excluding hydrogens is 398 g/mol. The van der Waals surface area contributed by atoms with E-state index in [2.05, 4.69) is 20.4 Å². The number of hydrogen-bond acceptors (Lipinski definition) is 6. The summed E-state index contributed by atoms with van der Waals surface area (Å²) in [5, 5.41) is 8.81. The molecule has 0 radical (unpaired) electrons. The Bertz CT molecular complexity index is 1230. The van der Waals surface area contributed by atoms with Crippen LogP contribution < -0.4 is 5.32 Å². The number of thioether (sulfide) groups is 1. The number of nitrogens with one attached hydrogen (secondary N) is 1. The van der Waals surface area contributed by atoms with Crippen LogP contribution in [0.1, 0.15) is 35.9 Å². The van der Waals surface area contributed by atoms with Crippen LogP contribution in [0.2, 0.25) is 0 Å². The minimum Gasteiger partial charge on any atom is -0.326 e. The average molecular weight is 420 g/mol. The fourth-order valence-corrected chi connectivity index (χ4v) is 3.97. The predicted octanol–water partition coefficient (Wildman–Crippen LogP) is 4.30. The first kappa shape index (κ1) is 20.0. The molecule has 0 saturated heterocycles. The van der Waals surface area contributed by atoms with Crippen molar-refractivity contribution in [2.24, 2.45) is 0 Å². The Kier molecular flexibility index (Phi) is 5.76. The Morgan fingerprint density at radius 1 is 1.07 bits per heavy atom. The molecule has 0 atom stereocenters. The van der Waals surface area contributed by atoms with Gasteiger partial charge >= 0.3 is 0 Å². The van der Waals surface area contributed by atoms with Gasteiger partial charge in [-0.05, 0) is 49.7 Å². The van der Waals surface area contributed by atoms with Gasteiger partial charge in [0.15, 0.2) is 16.6 Å². The lowest BCUT2D eigenvalue weighted by molar-refractivity contribution is -0.116. The second-order valence-electron chi connectivity index (χ2n) is 6.89. The zero-order chi connectivity index (χ0) is 21.1. The van der Waals surface area contributed by atoms with Crippen molar-refractivity contribution in [3.63, 3.8) is 0 Å². The highest BCUT2D eigenvalue weighted by molar-refractivity contribution is 7.99. The Balaban J connectivity index is 1.51. The van der Waals surface area contributed by atoms with Crippen LogP contribution in [0.25, 0.3) is 16.6 Å². The maximum atomic E-state index is 12.7. The van der Waals surface area contributed by atoms with E-state index in [1.165, 1.54) is 11.8 Å². The van der Waals surface area contributed by atoms with Crippen molar-refractivity contribution in [3.8, 4) is 0 Å². The van der Waals surface area contributed by atoms with Crippen molar-refractivity contribution < 1.29 is 9.59 Å². The molecule has 0 saturated carbocycles. The SMILES string of the molecule is CCCC(=O)Nc1ccc(C(=O)CSc2nc3ccccc3c3nc(C)nn23)cc1. The number of aromatic nitrogens is 4. The van der Waals surface area contributed by atoms with Gasteiger partial charge in [-0.2, -0.15) is 4.52 Å². The summed E-state index contributed by atoms with van der Waals surface area (Å²) in [7, 11) is 0. The first-order chi connectivity index (χ1) is 14.5. The third-order valence-corrected chi connectivity index (χ3v) is 5.48. The molecule has 30 heavy (non-hydrogen) atoms. The molecule has 152 valence electrons. The fourth-order valence-electron chi connectivity index (χ4n) is 3.13. The third-order valence-electron chi connectivity index (χ3n) is 4.56. The molecule has 0 aliphatic rings. The molecule has 7 nitrogen and oxygen atoms in total. The van der Waals surface area contributed by atoms with E-state index in [0.717, 1.165) is 23.0 Å². The number of rotatable bonds is 7. The lowest BCUT2D eigenvalue weighted by atomic mass is 10.1. The molecule has 0 spiro atoms. The topological polar surface area (TPSA) is 89.2 Å². The van der Waals surface area contributed by atoms with Crippen LogP contribution >= 0.6 is 11.8 Å². The maximum Gasteiger partial charge on any atom is 0.224 e. The summed E-state index contributed by atoms with van der Waals surface area (Å²) >= 11 is 1.33. The van der Waals surface area contributed by atoms with E-state index in [-0.39, 0.29) is 17.4 Å². The van der Waals surface area contributed by atoms with Gasteiger partial charge in [0, 0.05) is 23.1 Å². The predicted molar refractivity (Wildman–Crippen MR) is 118 cm³/mol. The summed E-state index contributed by atoms with van der Waals surface area (Å²) in [5.41, 5.74) is 2.83. The lowest BCUT2D eigenvalue weighted by Gasteiger charge is -2.07. The van der Waals surface area contributed by atoms with Crippen molar-refractivity contribution in [1.29, 1.82) is 0 Å². The molecule has 1 amide bonds. The lowest BCUT2D eigenvalue weighted by Crippen LogP contribution is -2.11. The number of carbonyl (C=O) groups excluding carboxylic acids is 2. The van der Waals surface area contributed by atoms with Gasteiger partial charge in [0.25, 0.3) is 0 Å². The van der Waals surface area contributed by atoms with Crippen LogP contribution in [0.4, 0.5) is 5.69 Å². The summed E-state index contributed by atoms with van der Waals surface area (Å²) in [6.45, 7) is 3.79. The van der Waals surface area contributed by atoms with Crippen LogP contribution in [0.3, 0.4) is 0 Å². The highest BCUT2D eigenvalue weighted by Crippen LogP contribution is 2.24. The van der Waals surface area contributed by atoms with Crippen LogP contribution in [0.5, 0.6) is 0 Å². The van der Waals surface area contributed by atoms with E-state index in [1.54, 1.807) is 28.8 Å². The molecule has 4 rings (SSSR count). The number of nitrogens with zero attached hydrogens (tertiary/aromatic N) is 4. The largest absolute Gasteiger partial charge is 0.326 e. The third kappa shape index (κ3) is 4.18. The molecule has 4 aromatic rings. The summed E-state index contributed by atoms with van der Waals surface area (Å²) in [6.07, 6.45) is 1.27. The summed E-state index contributed by atoms with van der Waals surface area (Å²) < 4.78 is 1.70. The van der Waals surface area contributed by atoms with E-state index < -0.39 is 0 Å². The molecule has 0 bridgehead atoms. The fraction of sp³-hybridized carbons (Fsp3) is 0.227. The van der Waals surface area contributed by atoms with E-state index >= 15 is 0 Å². The van der Waals surface area contributed by atoms with Gasteiger partial charge < -0.3 is 5.32 Å². The van der Waals surface area contributed by atoms with Crippen LogP contribution in [-0.2, 0) is 4.79 Å². The smallest absolute Gasteiger partial charge is 0.224 e. The Morgan fingerprint density at radius 2 is 1.83 bits per heavy atom. The van der Waals surface area contributed by atoms with Gasteiger partial charge in [0.05, 0.1) is 11.3 Å². The molecule has 1 N–H and O–H groups in total. The van der Waals surface area contributed by atoms with Gasteiger partial charge in [-0.1, -0.05) is 30.8 Å². The van der Waals surface area contributed by atoms with Gasteiger partial charge in [-0.15, -0.1) is 5.10 Å².